The molecule has 1 N–H and O–H groups in total. The molecule has 1 amide bonds. The second-order valence-electron chi connectivity index (χ2n) is 7.24. The number of aliphatic hydroxyl groups is 1. The smallest absolute Gasteiger partial charge is 0.305 e. The van der Waals surface area contributed by atoms with E-state index in [1.807, 2.05) is 17.1 Å². The van der Waals surface area contributed by atoms with Gasteiger partial charge in [-0.2, -0.15) is 0 Å². The summed E-state index contributed by atoms with van der Waals surface area (Å²) in [6.45, 7) is 2.92. The molecule has 1 fully saturated rings. The summed E-state index contributed by atoms with van der Waals surface area (Å²) < 4.78 is 4.64. The molecule has 0 radical (unpaired) electrons. The van der Waals surface area contributed by atoms with Crippen molar-refractivity contribution >= 4 is 11.9 Å². The van der Waals surface area contributed by atoms with Crippen molar-refractivity contribution < 1.29 is 19.4 Å². The molecule has 2 atom stereocenters. The lowest BCUT2D eigenvalue weighted by Crippen LogP contribution is -2.43. The van der Waals surface area contributed by atoms with Gasteiger partial charge in [-0.3, -0.25) is 9.59 Å². The van der Waals surface area contributed by atoms with E-state index in [0.29, 0.717) is 12.8 Å². The maximum absolute atomic E-state index is 12.3. The Morgan fingerprint density at radius 1 is 1.27 bits per heavy atom. The number of piperidine rings is 1. The van der Waals surface area contributed by atoms with Crippen molar-refractivity contribution in [2.45, 2.75) is 96.1 Å². The molecule has 0 aromatic heterocycles. The van der Waals surface area contributed by atoms with Crippen LogP contribution >= 0.6 is 0 Å². The lowest BCUT2D eigenvalue weighted by atomic mass is 9.99. The second kappa shape index (κ2) is 13.8. The zero-order chi connectivity index (χ0) is 19.2. The molecule has 0 aromatic rings. The van der Waals surface area contributed by atoms with E-state index in [4.69, 9.17) is 0 Å². The van der Waals surface area contributed by atoms with Crippen LogP contribution in [0.4, 0.5) is 0 Å². The summed E-state index contributed by atoms with van der Waals surface area (Å²) in [6.07, 6.45) is 14.4. The Labute approximate surface area is 158 Å². The summed E-state index contributed by atoms with van der Waals surface area (Å²) in [5, 5.41) is 10.1. The third kappa shape index (κ3) is 9.37. The maximum Gasteiger partial charge on any atom is 0.305 e. The highest BCUT2D eigenvalue weighted by atomic mass is 16.5. The molecule has 0 bridgehead atoms. The molecule has 0 spiro atoms. The van der Waals surface area contributed by atoms with E-state index in [2.05, 4.69) is 11.7 Å². The number of hydrogen-bond acceptors (Lipinski definition) is 4. The zero-order valence-corrected chi connectivity index (χ0v) is 16.6. The molecule has 26 heavy (non-hydrogen) atoms. The number of aliphatic hydroxyl groups excluding tert-OH is 1. The molecule has 1 rings (SSSR count). The standard InChI is InChI=1S/C21H37NO4/c1-3-4-7-12-19(23)16-15-18-11-10-13-20(24)22(18)17-9-6-5-8-14-21(25)26-2/h15-16,18-19,23H,3-14,17H2,1-2H3/b16-15+. The molecule has 5 nitrogen and oxygen atoms in total. The minimum atomic E-state index is -0.404. The van der Waals surface area contributed by atoms with Gasteiger partial charge in [0.15, 0.2) is 0 Å². The number of esters is 1. The molecule has 1 aliphatic rings. The van der Waals surface area contributed by atoms with Crippen LogP contribution in [0.1, 0.15) is 84.0 Å². The predicted molar refractivity (Wildman–Crippen MR) is 104 cm³/mol. The Morgan fingerprint density at radius 2 is 2.04 bits per heavy atom. The number of carbonyl (C=O) groups excluding carboxylic acids is 2. The predicted octanol–water partition coefficient (Wildman–Crippen LogP) is 3.99. The number of carbonyl (C=O) groups is 2. The van der Waals surface area contributed by atoms with Crippen LogP contribution in [0.2, 0.25) is 0 Å². The fourth-order valence-electron chi connectivity index (χ4n) is 3.40. The molecular formula is C21H37NO4. The third-order valence-corrected chi connectivity index (χ3v) is 5.03. The minimum absolute atomic E-state index is 0.118. The second-order valence-corrected chi connectivity index (χ2v) is 7.24. The van der Waals surface area contributed by atoms with E-state index in [9.17, 15) is 14.7 Å². The lowest BCUT2D eigenvalue weighted by molar-refractivity contribution is -0.140. The normalized spacial score (nSPS) is 19.1. The maximum atomic E-state index is 12.3. The average molecular weight is 368 g/mol. The molecule has 1 saturated heterocycles. The summed E-state index contributed by atoms with van der Waals surface area (Å²) in [7, 11) is 1.42. The van der Waals surface area contributed by atoms with Gasteiger partial charge in [-0.15, -0.1) is 0 Å². The van der Waals surface area contributed by atoms with Gasteiger partial charge in [0.1, 0.15) is 0 Å². The molecule has 2 unspecified atom stereocenters. The quantitative estimate of drug-likeness (QED) is 0.304. The van der Waals surface area contributed by atoms with E-state index < -0.39 is 6.10 Å². The Bertz CT molecular complexity index is 436. The molecule has 0 saturated carbocycles. The van der Waals surface area contributed by atoms with Crippen LogP contribution in [0.3, 0.4) is 0 Å². The van der Waals surface area contributed by atoms with Gasteiger partial charge >= 0.3 is 5.97 Å². The van der Waals surface area contributed by atoms with Crippen LogP contribution in [-0.4, -0.2) is 47.7 Å². The van der Waals surface area contributed by atoms with Crippen molar-refractivity contribution in [1.29, 1.82) is 0 Å². The Hall–Kier alpha value is -1.36. The van der Waals surface area contributed by atoms with E-state index in [1.165, 1.54) is 7.11 Å². The number of ether oxygens (including phenoxy) is 1. The summed E-state index contributed by atoms with van der Waals surface area (Å²) in [4.78, 5) is 25.3. The average Bonchev–Trinajstić information content (AvgIpc) is 2.64. The largest absolute Gasteiger partial charge is 0.469 e. The van der Waals surface area contributed by atoms with E-state index in [0.717, 1.165) is 70.8 Å². The summed E-state index contributed by atoms with van der Waals surface area (Å²) >= 11 is 0. The van der Waals surface area contributed by atoms with Gasteiger partial charge in [0.05, 0.1) is 19.3 Å². The Balaban J connectivity index is 2.34. The molecule has 1 aliphatic heterocycles. The summed E-state index contributed by atoms with van der Waals surface area (Å²) in [5.41, 5.74) is 0. The first-order valence-corrected chi connectivity index (χ1v) is 10.3. The molecule has 1 heterocycles. The van der Waals surface area contributed by atoms with Crippen LogP contribution in [0.5, 0.6) is 0 Å². The topological polar surface area (TPSA) is 66.8 Å². The van der Waals surface area contributed by atoms with Gasteiger partial charge in [0.25, 0.3) is 0 Å². The fraction of sp³-hybridized carbons (Fsp3) is 0.810. The molecule has 5 heteroatoms. The van der Waals surface area contributed by atoms with E-state index in [1.54, 1.807) is 0 Å². The fourth-order valence-corrected chi connectivity index (χ4v) is 3.40. The number of unbranched alkanes of at least 4 members (excludes halogenated alkanes) is 5. The van der Waals surface area contributed by atoms with Crippen LogP contribution in [-0.2, 0) is 14.3 Å². The zero-order valence-electron chi connectivity index (χ0n) is 16.6. The Morgan fingerprint density at radius 3 is 2.77 bits per heavy atom. The van der Waals surface area contributed by atoms with Gasteiger partial charge < -0.3 is 14.7 Å². The first kappa shape index (κ1) is 22.7. The van der Waals surface area contributed by atoms with Crippen molar-refractivity contribution in [3.63, 3.8) is 0 Å². The first-order chi connectivity index (χ1) is 12.6. The van der Waals surface area contributed by atoms with Crippen LogP contribution in [0.25, 0.3) is 0 Å². The van der Waals surface area contributed by atoms with Gasteiger partial charge in [-0.05, 0) is 32.1 Å². The van der Waals surface area contributed by atoms with Gasteiger partial charge in [0, 0.05) is 19.4 Å². The summed E-state index contributed by atoms with van der Waals surface area (Å²) in [5.74, 6) is 0.0693. The highest BCUT2D eigenvalue weighted by Crippen LogP contribution is 2.21. The lowest BCUT2D eigenvalue weighted by Gasteiger charge is -2.34. The highest BCUT2D eigenvalue weighted by Gasteiger charge is 2.25. The van der Waals surface area contributed by atoms with Crippen molar-refractivity contribution in [3.05, 3.63) is 12.2 Å². The van der Waals surface area contributed by atoms with Crippen molar-refractivity contribution in [2.24, 2.45) is 0 Å². The Kier molecular flexibility index (Phi) is 12.0. The summed E-state index contributed by atoms with van der Waals surface area (Å²) in [6, 6.07) is 0.118. The number of likely N-dealkylation sites (tertiary alicyclic amines) is 1. The van der Waals surface area contributed by atoms with E-state index >= 15 is 0 Å². The monoisotopic (exact) mass is 367 g/mol. The van der Waals surface area contributed by atoms with E-state index in [-0.39, 0.29) is 17.9 Å². The minimum Gasteiger partial charge on any atom is -0.469 e. The number of rotatable bonds is 13. The first-order valence-electron chi connectivity index (χ1n) is 10.3. The number of amides is 1. The SMILES string of the molecule is CCCCCC(O)/C=C/C1CCCC(=O)N1CCCCCCC(=O)OC. The van der Waals surface area contributed by atoms with Crippen molar-refractivity contribution in [1.82, 2.24) is 4.90 Å². The van der Waals surface area contributed by atoms with Crippen LogP contribution in [0, 0.1) is 0 Å². The number of hydrogen-bond donors (Lipinski definition) is 1. The molecular weight excluding hydrogens is 330 g/mol. The van der Waals surface area contributed by atoms with Gasteiger partial charge in [-0.1, -0.05) is 51.2 Å². The highest BCUT2D eigenvalue weighted by molar-refractivity contribution is 5.77. The molecule has 0 aliphatic carbocycles. The third-order valence-electron chi connectivity index (χ3n) is 5.03. The number of nitrogens with zero attached hydrogens (tertiary/aromatic N) is 1. The van der Waals surface area contributed by atoms with Crippen molar-refractivity contribution in [2.75, 3.05) is 13.7 Å². The number of methoxy groups -OCH3 is 1. The van der Waals surface area contributed by atoms with Crippen LogP contribution < -0.4 is 0 Å². The van der Waals surface area contributed by atoms with Crippen LogP contribution in [0.15, 0.2) is 12.2 Å². The van der Waals surface area contributed by atoms with Gasteiger partial charge in [0.2, 0.25) is 5.91 Å². The molecule has 150 valence electrons. The molecule has 0 aromatic carbocycles. The van der Waals surface area contributed by atoms with Gasteiger partial charge in [-0.25, -0.2) is 0 Å². The van der Waals surface area contributed by atoms with Crippen molar-refractivity contribution in [3.8, 4) is 0 Å².